The molecule has 0 aliphatic rings. The average Bonchev–Trinajstić information content (AvgIpc) is 3.14. The van der Waals surface area contributed by atoms with Crippen LogP contribution in [0.4, 0.5) is 9.52 Å². The van der Waals surface area contributed by atoms with Crippen LogP contribution in [0.2, 0.25) is 0 Å². The van der Waals surface area contributed by atoms with Crippen LogP contribution < -0.4 is 4.90 Å². The zero-order chi connectivity index (χ0) is 20.8. The van der Waals surface area contributed by atoms with Crippen molar-refractivity contribution in [3.05, 3.63) is 53.8 Å². The summed E-state index contributed by atoms with van der Waals surface area (Å²) in [4.78, 5) is 23.2. The van der Waals surface area contributed by atoms with E-state index in [2.05, 4.69) is 30.7 Å². The SMILES string of the molecule is CCSc1ccccc1C(=O)N(CCN(CC)CC)c1nc2ccc(F)cc2s1. The number of aromatic nitrogens is 1. The average molecular weight is 432 g/mol. The van der Waals surface area contributed by atoms with Crippen molar-refractivity contribution < 1.29 is 9.18 Å². The van der Waals surface area contributed by atoms with Crippen molar-refractivity contribution in [1.29, 1.82) is 0 Å². The molecule has 0 bridgehead atoms. The highest BCUT2D eigenvalue weighted by Crippen LogP contribution is 2.32. The van der Waals surface area contributed by atoms with Gasteiger partial charge in [0.1, 0.15) is 5.82 Å². The van der Waals surface area contributed by atoms with Gasteiger partial charge in [-0.25, -0.2) is 9.37 Å². The highest BCUT2D eigenvalue weighted by Gasteiger charge is 2.24. The van der Waals surface area contributed by atoms with Crippen molar-refractivity contribution in [2.24, 2.45) is 0 Å². The Morgan fingerprint density at radius 3 is 2.59 bits per heavy atom. The quantitative estimate of drug-likeness (QED) is 0.417. The lowest BCUT2D eigenvalue weighted by molar-refractivity contribution is 0.0981. The molecule has 0 atom stereocenters. The Labute approximate surface area is 179 Å². The number of halogens is 1. The molecule has 0 N–H and O–H groups in total. The summed E-state index contributed by atoms with van der Waals surface area (Å²) in [6, 6.07) is 12.2. The van der Waals surface area contributed by atoms with Crippen LogP contribution in [0, 0.1) is 5.82 Å². The number of benzene rings is 2. The first-order valence-corrected chi connectivity index (χ1v) is 11.7. The fourth-order valence-electron chi connectivity index (χ4n) is 3.14. The van der Waals surface area contributed by atoms with Crippen LogP contribution in [0.3, 0.4) is 0 Å². The molecule has 0 saturated heterocycles. The normalized spacial score (nSPS) is 11.3. The number of hydrogen-bond acceptors (Lipinski definition) is 5. The van der Waals surface area contributed by atoms with Crippen molar-refractivity contribution in [2.75, 3.05) is 36.8 Å². The molecule has 7 heteroatoms. The summed E-state index contributed by atoms with van der Waals surface area (Å²) in [5.74, 6) is 0.538. The molecular formula is C22H26FN3OS2. The molecule has 0 saturated carbocycles. The van der Waals surface area contributed by atoms with Crippen LogP contribution in [0.5, 0.6) is 0 Å². The van der Waals surface area contributed by atoms with Gasteiger partial charge in [-0.05, 0) is 49.2 Å². The molecule has 1 heterocycles. The molecule has 0 spiro atoms. The second-order valence-corrected chi connectivity index (χ2v) is 8.84. The van der Waals surface area contributed by atoms with Gasteiger partial charge in [0.05, 0.1) is 15.8 Å². The van der Waals surface area contributed by atoms with Crippen LogP contribution >= 0.6 is 23.1 Å². The van der Waals surface area contributed by atoms with Crippen LogP contribution in [0.25, 0.3) is 10.2 Å². The molecule has 3 aromatic rings. The van der Waals surface area contributed by atoms with E-state index in [-0.39, 0.29) is 11.7 Å². The number of likely N-dealkylation sites (N-methyl/N-ethyl adjacent to an activating group) is 1. The van der Waals surface area contributed by atoms with Crippen molar-refractivity contribution >= 4 is 44.4 Å². The number of thioether (sulfide) groups is 1. The Morgan fingerprint density at radius 2 is 1.86 bits per heavy atom. The van der Waals surface area contributed by atoms with Gasteiger partial charge >= 0.3 is 0 Å². The van der Waals surface area contributed by atoms with Crippen LogP contribution in [-0.4, -0.2) is 47.7 Å². The highest BCUT2D eigenvalue weighted by atomic mass is 32.2. The van der Waals surface area contributed by atoms with E-state index in [4.69, 9.17) is 0 Å². The monoisotopic (exact) mass is 431 g/mol. The van der Waals surface area contributed by atoms with Gasteiger partial charge in [-0.2, -0.15) is 0 Å². The number of carbonyl (C=O) groups excluding carboxylic acids is 1. The predicted molar refractivity (Wildman–Crippen MR) is 122 cm³/mol. The number of anilines is 1. The van der Waals surface area contributed by atoms with E-state index in [1.54, 1.807) is 22.7 Å². The summed E-state index contributed by atoms with van der Waals surface area (Å²) in [5.41, 5.74) is 1.40. The van der Waals surface area contributed by atoms with Crippen molar-refractivity contribution in [2.45, 2.75) is 25.7 Å². The third-order valence-electron chi connectivity index (χ3n) is 4.77. The number of thiazole rings is 1. The molecule has 4 nitrogen and oxygen atoms in total. The third kappa shape index (κ3) is 5.15. The lowest BCUT2D eigenvalue weighted by Gasteiger charge is -2.25. The predicted octanol–water partition coefficient (Wildman–Crippen LogP) is 5.54. The van der Waals surface area contributed by atoms with Gasteiger partial charge in [-0.1, -0.05) is 44.2 Å². The maximum absolute atomic E-state index is 13.6. The topological polar surface area (TPSA) is 36.4 Å². The van der Waals surface area contributed by atoms with E-state index in [1.165, 1.54) is 23.5 Å². The summed E-state index contributed by atoms with van der Waals surface area (Å²) in [7, 11) is 0. The van der Waals surface area contributed by atoms with E-state index in [0.717, 1.165) is 35.0 Å². The van der Waals surface area contributed by atoms with E-state index in [0.29, 0.717) is 22.8 Å². The lowest BCUT2D eigenvalue weighted by atomic mass is 10.2. The molecule has 2 aromatic carbocycles. The Morgan fingerprint density at radius 1 is 1.10 bits per heavy atom. The van der Waals surface area contributed by atoms with Crippen LogP contribution in [0.15, 0.2) is 47.4 Å². The molecular weight excluding hydrogens is 405 g/mol. The number of nitrogens with zero attached hydrogens (tertiary/aromatic N) is 3. The van der Waals surface area contributed by atoms with Gasteiger partial charge in [-0.15, -0.1) is 11.8 Å². The largest absolute Gasteiger partial charge is 0.302 e. The minimum atomic E-state index is -0.293. The Kier molecular flexibility index (Phi) is 7.64. The van der Waals surface area contributed by atoms with E-state index in [1.807, 2.05) is 24.3 Å². The van der Waals surface area contributed by atoms with Crippen molar-refractivity contribution in [1.82, 2.24) is 9.88 Å². The molecule has 0 aliphatic heterocycles. The Hall–Kier alpha value is -1.96. The summed E-state index contributed by atoms with van der Waals surface area (Å²) >= 11 is 3.02. The Balaban J connectivity index is 1.98. The minimum Gasteiger partial charge on any atom is -0.302 e. The lowest BCUT2D eigenvalue weighted by Crippen LogP contribution is -2.39. The maximum Gasteiger partial charge on any atom is 0.261 e. The molecule has 29 heavy (non-hydrogen) atoms. The van der Waals surface area contributed by atoms with Gasteiger partial charge < -0.3 is 4.90 Å². The van der Waals surface area contributed by atoms with Crippen molar-refractivity contribution in [3.8, 4) is 0 Å². The van der Waals surface area contributed by atoms with E-state index < -0.39 is 0 Å². The Bertz CT molecular complexity index is 972. The number of fused-ring (bicyclic) bond motifs is 1. The first kappa shape index (κ1) is 21.7. The smallest absolute Gasteiger partial charge is 0.261 e. The molecule has 154 valence electrons. The summed E-state index contributed by atoms with van der Waals surface area (Å²) < 4.78 is 14.4. The fourth-order valence-corrected chi connectivity index (χ4v) is 4.95. The number of hydrogen-bond donors (Lipinski definition) is 0. The van der Waals surface area contributed by atoms with Gasteiger partial charge in [0.25, 0.3) is 5.91 Å². The second-order valence-electron chi connectivity index (χ2n) is 6.52. The van der Waals surface area contributed by atoms with E-state index >= 15 is 0 Å². The number of carbonyl (C=O) groups is 1. The zero-order valence-corrected chi connectivity index (χ0v) is 18.7. The highest BCUT2D eigenvalue weighted by molar-refractivity contribution is 7.99. The maximum atomic E-state index is 13.6. The molecule has 0 aliphatic carbocycles. The third-order valence-corrected chi connectivity index (χ3v) is 6.76. The standard InChI is InChI=1S/C22H26FN3OS2/c1-4-25(5-2)13-14-26(21(27)17-9-7-8-10-19(17)28-6-3)22-24-18-12-11-16(23)15-20(18)29-22/h7-12,15H,4-6,13-14H2,1-3H3. The minimum absolute atomic E-state index is 0.0618. The number of rotatable bonds is 9. The molecule has 3 rings (SSSR count). The number of amides is 1. The molecule has 1 amide bonds. The zero-order valence-electron chi connectivity index (χ0n) is 17.0. The summed E-state index contributed by atoms with van der Waals surface area (Å²) in [6.07, 6.45) is 0. The molecule has 0 radical (unpaired) electrons. The second kappa shape index (κ2) is 10.2. The van der Waals surface area contributed by atoms with Gasteiger partial charge in [0.15, 0.2) is 5.13 Å². The first-order chi connectivity index (χ1) is 14.1. The molecule has 0 fully saturated rings. The first-order valence-electron chi connectivity index (χ1n) is 9.89. The molecule has 0 unspecified atom stereocenters. The summed E-state index contributed by atoms with van der Waals surface area (Å²) in [5, 5.41) is 0.610. The van der Waals surface area contributed by atoms with Gasteiger partial charge in [-0.3, -0.25) is 9.69 Å². The van der Waals surface area contributed by atoms with Crippen LogP contribution in [-0.2, 0) is 0 Å². The summed E-state index contributed by atoms with van der Waals surface area (Å²) in [6.45, 7) is 9.44. The van der Waals surface area contributed by atoms with Gasteiger partial charge in [0, 0.05) is 18.0 Å². The molecule has 1 aromatic heterocycles. The van der Waals surface area contributed by atoms with Gasteiger partial charge in [0.2, 0.25) is 0 Å². The van der Waals surface area contributed by atoms with E-state index in [9.17, 15) is 9.18 Å². The van der Waals surface area contributed by atoms with Crippen molar-refractivity contribution in [3.63, 3.8) is 0 Å². The fraction of sp³-hybridized carbons (Fsp3) is 0.364. The van der Waals surface area contributed by atoms with Crippen LogP contribution in [0.1, 0.15) is 31.1 Å².